The van der Waals surface area contributed by atoms with Gasteiger partial charge in [-0.25, -0.2) is 0 Å². The summed E-state index contributed by atoms with van der Waals surface area (Å²) in [6.45, 7) is 1.48. The first-order chi connectivity index (χ1) is 10.0. The molecule has 2 saturated heterocycles. The van der Waals surface area contributed by atoms with Crippen molar-refractivity contribution >= 4 is 35.0 Å². The van der Waals surface area contributed by atoms with Crippen LogP contribution >= 0.6 is 23.2 Å². The molecule has 1 unspecified atom stereocenters. The van der Waals surface area contributed by atoms with E-state index >= 15 is 0 Å². The van der Waals surface area contributed by atoms with Gasteiger partial charge in [0.2, 0.25) is 5.91 Å². The van der Waals surface area contributed by atoms with Crippen molar-refractivity contribution in [2.45, 2.75) is 12.0 Å². The van der Waals surface area contributed by atoms with Crippen LogP contribution in [0.4, 0.5) is 0 Å². The average Bonchev–Trinajstić information content (AvgIpc) is 2.89. The summed E-state index contributed by atoms with van der Waals surface area (Å²) in [6, 6.07) is 5.00. The van der Waals surface area contributed by atoms with Gasteiger partial charge in [-0.15, -0.1) is 0 Å². The van der Waals surface area contributed by atoms with Crippen LogP contribution in [0, 0.1) is 0 Å². The fraction of sp³-hybridized carbons (Fsp3) is 0.429. The van der Waals surface area contributed by atoms with Crippen molar-refractivity contribution in [2.75, 3.05) is 26.2 Å². The Bertz CT molecular complexity index is 596. The second kappa shape index (κ2) is 5.48. The molecule has 2 fully saturated rings. The van der Waals surface area contributed by atoms with Crippen LogP contribution in [-0.4, -0.2) is 48.6 Å². The summed E-state index contributed by atoms with van der Waals surface area (Å²) in [7, 11) is 0. The van der Waals surface area contributed by atoms with Gasteiger partial charge in [-0.2, -0.15) is 0 Å². The van der Waals surface area contributed by atoms with E-state index < -0.39 is 5.60 Å². The monoisotopic (exact) mass is 328 g/mol. The molecule has 0 saturated carbocycles. The van der Waals surface area contributed by atoms with Crippen LogP contribution in [0.2, 0.25) is 10.0 Å². The number of morpholine rings is 1. The normalized spacial score (nSPS) is 25.2. The zero-order valence-corrected chi connectivity index (χ0v) is 12.7. The average molecular weight is 329 g/mol. The van der Waals surface area contributed by atoms with Crippen molar-refractivity contribution in [3.63, 3.8) is 0 Å². The molecule has 1 aromatic carbocycles. The van der Waals surface area contributed by atoms with Crippen LogP contribution in [0.3, 0.4) is 0 Å². The van der Waals surface area contributed by atoms with Crippen molar-refractivity contribution in [1.82, 2.24) is 10.2 Å². The van der Waals surface area contributed by atoms with Crippen LogP contribution in [0.5, 0.6) is 0 Å². The van der Waals surface area contributed by atoms with Crippen molar-refractivity contribution in [3.8, 4) is 0 Å². The summed E-state index contributed by atoms with van der Waals surface area (Å²) in [5, 5.41) is 3.41. The number of nitrogens with zero attached hydrogens (tertiary/aromatic N) is 1. The number of ether oxygens (including phenoxy) is 1. The molecule has 3 rings (SSSR count). The van der Waals surface area contributed by atoms with Gasteiger partial charge in [-0.05, 0) is 18.6 Å². The number of likely N-dealkylation sites (tertiary alicyclic amines) is 1. The predicted octanol–water partition coefficient (Wildman–Crippen LogP) is 1.72. The molecule has 2 heterocycles. The van der Waals surface area contributed by atoms with Crippen LogP contribution in [0.1, 0.15) is 16.8 Å². The van der Waals surface area contributed by atoms with Crippen molar-refractivity contribution < 1.29 is 14.3 Å². The highest BCUT2D eigenvalue weighted by Crippen LogP contribution is 2.31. The van der Waals surface area contributed by atoms with Gasteiger partial charge in [0.25, 0.3) is 5.91 Å². The molecule has 0 bridgehead atoms. The van der Waals surface area contributed by atoms with Gasteiger partial charge in [-0.1, -0.05) is 29.3 Å². The summed E-state index contributed by atoms with van der Waals surface area (Å²) in [6.07, 6.45) is 0.692. The van der Waals surface area contributed by atoms with E-state index in [1.165, 1.54) is 0 Å². The van der Waals surface area contributed by atoms with Crippen LogP contribution in [0.15, 0.2) is 18.2 Å². The Hall–Kier alpha value is -1.30. The smallest absolute Gasteiger partial charge is 0.255 e. The highest BCUT2D eigenvalue weighted by Gasteiger charge is 2.44. The molecule has 1 N–H and O–H groups in total. The van der Waals surface area contributed by atoms with E-state index in [1.54, 1.807) is 23.1 Å². The standard InChI is InChI=1S/C14H14Cl2N2O3/c15-10-3-1-2-9(12(10)16)13(20)18-5-4-14(8-18)7-17-11(19)6-21-14/h1-3H,4-8H2,(H,17,19). The lowest BCUT2D eigenvalue weighted by Crippen LogP contribution is -2.54. The van der Waals surface area contributed by atoms with Gasteiger partial charge < -0.3 is 15.0 Å². The van der Waals surface area contributed by atoms with Crippen molar-refractivity contribution in [3.05, 3.63) is 33.8 Å². The Balaban J connectivity index is 1.75. The Kier molecular flexibility index (Phi) is 3.82. The fourth-order valence-electron chi connectivity index (χ4n) is 2.70. The summed E-state index contributed by atoms with van der Waals surface area (Å²) in [5.41, 5.74) is -0.0877. The molecule has 112 valence electrons. The van der Waals surface area contributed by atoms with Crippen molar-refractivity contribution in [2.24, 2.45) is 0 Å². The minimum atomic E-state index is -0.478. The Morgan fingerprint density at radius 3 is 2.90 bits per heavy atom. The third-order valence-electron chi connectivity index (χ3n) is 3.90. The van der Waals surface area contributed by atoms with Gasteiger partial charge in [0.05, 0.1) is 22.2 Å². The van der Waals surface area contributed by atoms with E-state index in [1.807, 2.05) is 0 Å². The first kappa shape index (κ1) is 14.6. The summed E-state index contributed by atoms with van der Waals surface area (Å²) >= 11 is 12.0. The highest BCUT2D eigenvalue weighted by atomic mass is 35.5. The topological polar surface area (TPSA) is 58.6 Å². The van der Waals surface area contributed by atoms with Gasteiger partial charge in [-0.3, -0.25) is 9.59 Å². The molecule has 0 aromatic heterocycles. The zero-order chi connectivity index (χ0) is 15.0. The van der Waals surface area contributed by atoms with Gasteiger partial charge in [0.1, 0.15) is 12.2 Å². The van der Waals surface area contributed by atoms with E-state index in [-0.39, 0.29) is 23.4 Å². The SMILES string of the molecule is O=C1COC2(CCN(C(=O)c3cccc(Cl)c3Cl)C2)CN1. The van der Waals surface area contributed by atoms with Crippen molar-refractivity contribution in [1.29, 1.82) is 0 Å². The number of carbonyl (C=O) groups excluding carboxylic acids is 2. The predicted molar refractivity (Wildman–Crippen MR) is 78.7 cm³/mol. The summed E-state index contributed by atoms with van der Waals surface area (Å²) < 4.78 is 5.64. The number of halogens is 2. The quantitative estimate of drug-likeness (QED) is 0.854. The Morgan fingerprint density at radius 2 is 2.19 bits per heavy atom. The summed E-state index contributed by atoms with van der Waals surface area (Å²) in [5.74, 6) is -0.289. The molecule has 1 atom stereocenters. The van der Waals surface area contributed by atoms with Gasteiger partial charge in [0, 0.05) is 13.1 Å². The highest BCUT2D eigenvalue weighted by molar-refractivity contribution is 6.43. The molecule has 0 radical (unpaired) electrons. The Labute approximate surface area is 132 Å². The van der Waals surface area contributed by atoms with E-state index in [0.717, 1.165) is 0 Å². The second-order valence-electron chi connectivity index (χ2n) is 5.33. The maximum atomic E-state index is 12.6. The summed E-state index contributed by atoms with van der Waals surface area (Å²) in [4.78, 5) is 25.4. The third kappa shape index (κ3) is 2.73. The van der Waals surface area contributed by atoms with Gasteiger partial charge >= 0.3 is 0 Å². The van der Waals surface area contributed by atoms with Crippen LogP contribution in [0.25, 0.3) is 0 Å². The molecule has 2 aliphatic heterocycles. The lowest BCUT2D eigenvalue weighted by atomic mass is 10.0. The van der Waals surface area contributed by atoms with Crippen LogP contribution in [-0.2, 0) is 9.53 Å². The zero-order valence-electron chi connectivity index (χ0n) is 11.2. The number of carbonyl (C=O) groups is 2. The number of hydrogen-bond acceptors (Lipinski definition) is 3. The lowest BCUT2D eigenvalue weighted by Gasteiger charge is -2.33. The lowest BCUT2D eigenvalue weighted by molar-refractivity contribution is -0.141. The molecule has 2 aliphatic rings. The molecule has 0 aliphatic carbocycles. The molecule has 2 amide bonds. The number of amides is 2. The first-order valence-corrected chi connectivity index (χ1v) is 7.40. The molecule has 1 aromatic rings. The maximum absolute atomic E-state index is 12.6. The maximum Gasteiger partial charge on any atom is 0.255 e. The molecule has 1 spiro atoms. The molecular formula is C14H14Cl2N2O3. The third-order valence-corrected chi connectivity index (χ3v) is 4.72. The Morgan fingerprint density at radius 1 is 1.38 bits per heavy atom. The number of benzene rings is 1. The minimum absolute atomic E-state index is 0.0416. The number of hydrogen-bond donors (Lipinski definition) is 1. The number of rotatable bonds is 1. The van der Waals surface area contributed by atoms with E-state index in [4.69, 9.17) is 27.9 Å². The van der Waals surface area contributed by atoms with E-state index in [2.05, 4.69) is 5.32 Å². The molecular weight excluding hydrogens is 315 g/mol. The largest absolute Gasteiger partial charge is 0.361 e. The van der Waals surface area contributed by atoms with E-state index in [9.17, 15) is 9.59 Å². The van der Waals surface area contributed by atoms with E-state index in [0.29, 0.717) is 36.6 Å². The second-order valence-corrected chi connectivity index (χ2v) is 6.11. The fourth-order valence-corrected chi connectivity index (χ4v) is 3.08. The van der Waals surface area contributed by atoms with Gasteiger partial charge in [0.15, 0.2) is 0 Å². The minimum Gasteiger partial charge on any atom is -0.361 e. The molecule has 7 heteroatoms. The first-order valence-electron chi connectivity index (χ1n) is 6.65. The molecule has 21 heavy (non-hydrogen) atoms. The van der Waals surface area contributed by atoms with Crippen LogP contribution < -0.4 is 5.32 Å². The number of nitrogens with one attached hydrogen (secondary N) is 1. The molecule has 5 nitrogen and oxygen atoms in total.